The highest BCUT2D eigenvalue weighted by Gasteiger charge is 2.30. The van der Waals surface area contributed by atoms with Crippen molar-refractivity contribution < 1.29 is 14.3 Å². The third kappa shape index (κ3) is 5.66. The van der Waals surface area contributed by atoms with Crippen LogP contribution in [0.5, 0.6) is 5.75 Å². The monoisotopic (exact) mass is 426 g/mol. The van der Waals surface area contributed by atoms with Crippen LogP contribution in [0.25, 0.3) is 6.08 Å². The first kappa shape index (κ1) is 21.8. The molecule has 1 aromatic rings. The largest absolute Gasteiger partial charge is 0.497 e. The summed E-state index contributed by atoms with van der Waals surface area (Å²) in [7, 11) is 1.64. The predicted octanol–water partition coefficient (Wildman–Crippen LogP) is 1.55. The minimum absolute atomic E-state index is 0.0221. The van der Waals surface area contributed by atoms with Crippen LogP contribution in [-0.2, 0) is 9.59 Å². The summed E-state index contributed by atoms with van der Waals surface area (Å²) in [5, 5.41) is 0. The van der Waals surface area contributed by atoms with Gasteiger partial charge in [0.15, 0.2) is 0 Å². The third-order valence-corrected chi connectivity index (χ3v) is 6.84. The first-order chi connectivity index (χ1) is 15.1. The molecule has 4 rings (SSSR count). The van der Waals surface area contributed by atoms with Crippen LogP contribution < -0.4 is 4.74 Å². The Morgan fingerprint density at radius 2 is 1.58 bits per heavy atom. The summed E-state index contributed by atoms with van der Waals surface area (Å²) in [6.45, 7) is 7.01. The average molecular weight is 427 g/mol. The molecular weight excluding hydrogens is 392 g/mol. The lowest BCUT2D eigenvalue weighted by Gasteiger charge is -2.43. The van der Waals surface area contributed by atoms with Crippen molar-refractivity contribution in [2.24, 2.45) is 0 Å². The molecule has 0 aromatic heterocycles. The van der Waals surface area contributed by atoms with Crippen LogP contribution >= 0.6 is 0 Å². The number of methoxy groups -OCH3 is 1. The molecule has 2 heterocycles. The summed E-state index contributed by atoms with van der Waals surface area (Å²) < 4.78 is 5.15. The highest BCUT2D eigenvalue weighted by Crippen LogP contribution is 2.25. The number of hydrogen-bond acceptors (Lipinski definition) is 5. The first-order valence-electron chi connectivity index (χ1n) is 11.5. The zero-order chi connectivity index (χ0) is 21.6. The molecule has 2 saturated heterocycles. The Hall–Kier alpha value is -2.38. The van der Waals surface area contributed by atoms with E-state index in [1.54, 1.807) is 13.2 Å². The van der Waals surface area contributed by atoms with Crippen LogP contribution in [0.15, 0.2) is 30.3 Å². The van der Waals surface area contributed by atoms with Gasteiger partial charge in [0.25, 0.3) is 0 Å². The minimum Gasteiger partial charge on any atom is -0.497 e. The first-order valence-corrected chi connectivity index (χ1v) is 11.5. The molecule has 1 aromatic carbocycles. The van der Waals surface area contributed by atoms with E-state index in [1.807, 2.05) is 40.1 Å². The number of carbonyl (C=O) groups excluding carboxylic acids is 2. The molecule has 168 valence electrons. The Morgan fingerprint density at radius 1 is 0.935 bits per heavy atom. The topological polar surface area (TPSA) is 56.3 Å². The second kappa shape index (κ2) is 10.3. The summed E-state index contributed by atoms with van der Waals surface area (Å²) in [5.41, 5.74) is 0.968. The van der Waals surface area contributed by atoms with Crippen molar-refractivity contribution >= 4 is 17.9 Å². The fourth-order valence-corrected chi connectivity index (χ4v) is 4.49. The van der Waals surface area contributed by atoms with Crippen molar-refractivity contribution in [1.29, 1.82) is 0 Å². The van der Waals surface area contributed by atoms with Crippen LogP contribution in [0.2, 0.25) is 0 Å². The summed E-state index contributed by atoms with van der Waals surface area (Å²) in [6, 6.07) is 8.39. The maximum Gasteiger partial charge on any atom is 0.246 e. The van der Waals surface area contributed by atoms with E-state index in [0.29, 0.717) is 19.6 Å². The maximum absolute atomic E-state index is 12.7. The molecule has 2 amide bonds. The van der Waals surface area contributed by atoms with Crippen molar-refractivity contribution in [3.8, 4) is 5.75 Å². The SMILES string of the molecule is COc1ccc(/C=C/C(=O)N2CCN(CC(=O)N3CCN(C4CCC4)CC3)CC2)cc1. The van der Waals surface area contributed by atoms with E-state index in [1.165, 1.54) is 19.3 Å². The average Bonchev–Trinajstić information content (AvgIpc) is 2.77. The molecule has 0 unspecified atom stereocenters. The van der Waals surface area contributed by atoms with Gasteiger partial charge in [-0.2, -0.15) is 0 Å². The highest BCUT2D eigenvalue weighted by molar-refractivity contribution is 5.91. The molecule has 0 bridgehead atoms. The van der Waals surface area contributed by atoms with Crippen molar-refractivity contribution in [3.05, 3.63) is 35.9 Å². The smallest absolute Gasteiger partial charge is 0.246 e. The van der Waals surface area contributed by atoms with E-state index in [9.17, 15) is 9.59 Å². The Morgan fingerprint density at radius 3 is 2.16 bits per heavy atom. The molecule has 1 saturated carbocycles. The molecule has 2 aliphatic heterocycles. The van der Waals surface area contributed by atoms with Gasteiger partial charge in [-0.3, -0.25) is 19.4 Å². The number of ether oxygens (including phenoxy) is 1. The van der Waals surface area contributed by atoms with Crippen molar-refractivity contribution in [3.63, 3.8) is 0 Å². The van der Waals surface area contributed by atoms with Gasteiger partial charge in [0, 0.05) is 64.5 Å². The lowest BCUT2D eigenvalue weighted by molar-refractivity contribution is -0.135. The molecule has 31 heavy (non-hydrogen) atoms. The van der Waals surface area contributed by atoms with Crippen molar-refractivity contribution in [1.82, 2.24) is 19.6 Å². The number of amides is 2. The van der Waals surface area contributed by atoms with Crippen molar-refractivity contribution in [2.75, 3.05) is 66.0 Å². The number of rotatable bonds is 6. The molecule has 0 radical (unpaired) electrons. The maximum atomic E-state index is 12.7. The van der Waals surface area contributed by atoms with Gasteiger partial charge in [-0.1, -0.05) is 18.6 Å². The number of benzene rings is 1. The van der Waals surface area contributed by atoms with Crippen molar-refractivity contribution in [2.45, 2.75) is 25.3 Å². The van der Waals surface area contributed by atoms with Gasteiger partial charge >= 0.3 is 0 Å². The zero-order valence-electron chi connectivity index (χ0n) is 18.5. The Labute approximate surface area is 185 Å². The van der Waals surface area contributed by atoms with E-state index in [2.05, 4.69) is 9.80 Å². The van der Waals surface area contributed by atoms with E-state index in [4.69, 9.17) is 4.74 Å². The number of nitrogens with zero attached hydrogens (tertiary/aromatic N) is 4. The van der Waals surface area contributed by atoms with Gasteiger partial charge in [0.05, 0.1) is 13.7 Å². The molecule has 3 fully saturated rings. The van der Waals surface area contributed by atoms with Gasteiger partial charge in [0.2, 0.25) is 11.8 Å². The fraction of sp³-hybridized carbons (Fsp3) is 0.583. The summed E-state index contributed by atoms with van der Waals surface area (Å²) in [5.74, 6) is 1.05. The van der Waals surface area contributed by atoms with Gasteiger partial charge in [0.1, 0.15) is 5.75 Å². The highest BCUT2D eigenvalue weighted by atomic mass is 16.5. The Kier molecular flexibility index (Phi) is 7.25. The molecule has 0 atom stereocenters. The Balaban J connectivity index is 1.17. The van der Waals surface area contributed by atoms with Crippen LogP contribution in [0, 0.1) is 0 Å². The van der Waals surface area contributed by atoms with Gasteiger partial charge < -0.3 is 14.5 Å². The van der Waals surface area contributed by atoms with Crippen LogP contribution in [0.3, 0.4) is 0 Å². The standard InChI is InChI=1S/C24H34N4O3/c1-31-22-8-5-20(6-9-22)7-10-23(29)27-13-11-25(12-14-27)19-24(30)28-17-15-26(16-18-28)21-3-2-4-21/h5-10,21H,2-4,11-19H2,1H3/b10-7+. The molecule has 7 nitrogen and oxygen atoms in total. The fourth-order valence-electron chi connectivity index (χ4n) is 4.49. The van der Waals surface area contributed by atoms with Gasteiger partial charge in [-0.15, -0.1) is 0 Å². The van der Waals surface area contributed by atoms with Gasteiger partial charge in [-0.25, -0.2) is 0 Å². The zero-order valence-corrected chi connectivity index (χ0v) is 18.5. The van der Waals surface area contributed by atoms with Crippen LogP contribution in [0.1, 0.15) is 24.8 Å². The summed E-state index contributed by atoms with van der Waals surface area (Å²) in [6.07, 6.45) is 7.47. The second-order valence-corrected chi connectivity index (χ2v) is 8.71. The van der Waals surface area contributed by atoms with Gasteiger partial charge in [-0.05, 0) is 36.6 Å². The van der Waals surface area contributed by atoms with E-state index in [0.717, 1.165) is 56.6 Å². The molecule has 3 aliphatic rings. The van der Waals surface area contributed by atoms with Crippen LogP contribution in [-0.4, -0.2) is 103 Å². The van der Waals surface area contributed by atoms with E-state index >= 15 is 0 Å². The molecule has 0 N–H and O–H groups in total. The van der Waals surface area contributed by atoms with E-state index in [-0.39, 0.29) is 11.8 Å². The molecule has 7 heteroatoms. The van der Waals surface area contributed by atoms with E-state index < -0.39 is 0 Å². The summed E-state index contributed by atoms with van der Waals surface area (Å²) in [4.78, 5) is 33.8. The lowest BCUT2D eigenvalue weighted by atomic mass is 9.91. The number of piperazine rings is 2. The quantitative estimate of drug-likeness (QED) is 0.646. The molecule has 0 spiro atoms. The Bertz CT molecular complexity index is 775. The lowest BCUT2D eigenvalue weighted by Crippen LogP contribution is -2.56. The van der Waals surface area contributed by atoms with Crippen LogP contribution in [0.4, 0.5) is 0 Å². The molecule has 1 aliphatic carbocycles. The summed E-state index contributed by atoms with van der Waals surface area (Å²) >= 11 is 0. The molecular formula is C24H34N4O3. The second-order valence-electron chi connectivity index (χ2n) is 8.71. The normalized spacial score (nSPS) is 21.3. The minimum atomic E-state index is 0.0221. The number of carbonyl (C=O) groups is 2. The predicted molar refractivity (Wildman–Crippen MR) is 121 cm³/mol. The number of hydrogen-bond donors (Lipinski definition) is 0. The third-order valence-electron chi connectivity index (χ3n) is 6.84.